The molecule has 0 bridgehead atoms. The molecule has 6 nitrogen and oxygen atoms in total. The third kappa shape index (κ3) is 3.28. The molecule has 0 saturated carbocycles. The Morgan fingerprint density at radius 3 is 2.42 bits per heavy atom. The van der Waals surface area contributed by atoms with Crippen LogP contribution < -0.4 is 11.1 Å². The predicted molar refractivity (Wildman–Crippen MR) is 125 cm³/mol. The van der Waals surface area contributed by atoms with Gasteiger partial charge in [-0.15, -0.1) is 0 Å². The van der Waals surface area contributed by atoms with Gasteiger partial charge in [0.1, 0.15) is 5.82 Å². The smallest absolute Gasteiger partial charge is 0.293 e. The second-order valence-corrected chi connectivity index (χ2v) is 7.65. The average molecular weight is 407 g/mol. The molecule has 3 N–H and O–H groups in total. The Morgan fingerprint density at radius 2 is 1.65 bits per heavy atom. The van der Waals surface area contributed by atoms with Crippen LogP contribution in [0.3, 0.4) is 0 Å². The van der Waals surface area contributed by atoms with Gasteiger partial charge < -0.3 is 11.1 Å². The molecule has 5 aromatic rings. The molecule has 2 heterocycles. The molecule has 0 fully saturated rings. The number of amides is 1. The lowest BCUT2D eigenvalue weighted by atomic mass is 10.2. The number of anilines is 2. The summed E-state index contributed by atoms with van der Waals surface area (Å²) in [6.45, 7) is 4.01. The Labute approximate surface area is 179 Å². The fourth-order valence-electron chi connectivity index (χ4n) is 3.92. The molecule has 3 aromatic carbocycles. The summed E-state index contributed by atoms with van der Waals surface area (Å²) in [5, 5.41) is 4.55. The van der Waals surface area contributed by atoms with Crippen LogP contribution in [0, 0.1) is 13.8 Å². The minimum Gasteiger partial charge on any atom is -0.383 e. The summed E-state index contributed by atoms with van der Waals surface area (Å²) >= 11 is 0. The molecule has 2 aromatic heterocycles. The Hall–Kier alpha value is -4.19. The van der Waals surface area contributed by atoms with E-state index in [4.69, 9.17) is 5.73 Å². The van der Waals surface area contributed by atoms with Crippen LogP contribution in [0.2, 0.25) is 0 Å². The van der Waals surface area contributed by atoms with Crippen molar-refractivity contribution in [2.45, 2.75) is 13.8 Å². The number of carbonyl (C=O) groups excluding carboxylic acids is 1. The zero-order valence-corrected chi connectivity index (χ0v) is 17.3. The fraction of sp³-hybridized carbons (Fsp3) is 0.0800. The topological polar surface area (TPSA) is 85.8 Å². The van der Waals surface area contributed by atoms with Gasteiger partial charge in [0.15, 0.2) is 5.65 Å². The van der Waals surface area contributed by atoms with Crippen molar-refractivity contribution in [2.75, 3.05) is 11.1 Å². The Balaban J connectivity index is 1.72. The monoisotopic (exact) mass is 407 g/mol. The molecule has 6 heteroatoms. The van der Waals surface area contributed by atoms with E-state index in [1.807, 2.05) is 85.1 Å². The first-order valence-corrected chi connectivity index (χ1v) is 10.0. The van der Waals surface area contributed by atoms with E-state index in [0.717, 1.165) is 33.1 Å². The van der Waals surface area contributed by atoms with E-state index >= 15 is 0 Å². The number of fused-ring (bicyclic) bond motifs is 3. The van der Waals surface area contributed by atoms with Crippen LogP contribution in [0.1, 0.15) is 21.7 Å². The third-order valence-corrected chi connectivity index (χ3v) is 5.28. The lowest BCUT2D eigenvalue weighted by molar-refractivity contribution is 0.101. The Morgan fingerprint density at radius 1 is 0.903 bits per heavy atom. The van der Waals surface area contributed by atoms with E-state index in [1.165, 1.54) is 0 Å². The maximum absolute atomic E-state index is 12.9. The zero-order chi connectivity index (χ0) is 21.5. The molecule has 0 radical (unpaired) electrons. The molecule has 31 heavy (non-hydrogen) atoms. The number of aryl methyl sites for hydroxylation is 2. The molecular formula is C25H21N5O. The van der Waals surface area contributed by atoms with E-state index < -0.39 is 5.91 Å². The number of benzene rings is 3. The predicted octanol–water partition coefficient (Wildman–Crippen LogP) is 5.03. The quantitative estimate of drug-likeness (QED) is 0.439. The molecule has 0 spiro atoms. The normalized spacial score (nSPS) is 11.2. The molecule has 0 aliphatic heterocycles. The summed E-state index contributed by atoms with van der Waals surface area (Å²) in [6, 6.07) is 23.7. The Kier molecular flexibility index (Phi) is 4.40. The summed E-state index contributed by atoms with van der Waals surface area (Å²) in [4.78, 5) is 21.9. The number of hydrogen-bond donors (Lipinski definition) is 2. The first-order chi connectivity index (χ1) is 15.0. The van der Waals surface area contributed by atoms with Crippen molar-refractivity contribution in [3.8, 4) is 5.69 Å². The lowest BCUT2D eigenvalue weighted by Crippen LogP contribution is -2.17. The zero-order valence-electron chi connectivity index (χ0n) is 17.3. The van der Waals surface area contributed by atoms with Crippen molar-refractivity contribution in [1.82, 2.24) is 14.5 Å². The number of para-hydroxylation sites is 1. The standard InChI is InChI=1S/C25H21N5O/c1-15-7-5-9-17(13-15)27-25(31)23-28-22(26)21-19-11-3-4-12-20(19)30(24(21)29-23)18-10-6-8-16(2)14-18/h3-14H,1-2H3,(H,27,31)(H2,26,28,29). The van der Waals surface area contributed by atoms with Crippen molar-refractivity contribution < 1.29 is 4.79 Å². The largest absolute Gasteiger partial charge is 0.383 e. The number of nitrogens with zero attached hydrogens (tertiary/aromatic N) is 3. The SMILES string of the molecule is Cc1cccc(NC(=O)c2nc(N)c3c4ccccc4n(-c4cccc(C)c4)c3n2)c1. The first kappa shape index (κ1) is 18.8. The van der Waals surface area contributed by atoms with Crippen molar-refractivity contribution in [1.29, 1.82) is 0 Å². The van der Waals surface area contributed by atoms with Gasteiger partial charge in [0.25, 0.3) is 5.91 Å². The maximum atomic E-state index is 12.9. The average Bonchev–Trinajstić information content (AvgIpc) is 3.08. The molecule has 0 unspecified atom stereocenters. The Bertz CT molecular complexity index is 1470. The maximum Gasteiger partial charge on any atom is 0.293 e. The van der Waals surface area contributed by atoms with E-state index in [-0.39, 0.29) is 11.6 Å². The molecule has 1 amide bonds. The highest BCUT2D eigenvalue weighted by molar-refractivity contribution is 6.13. The molecule has 0 aliphatic carbocycles. The summed E-state index contributed by atoms with van der Waals surface area (Å²) in [7, 11) is 0. The van der Waals surface area contributed by atoms with Gasteiger partial charge in [-0.2, -0.15) is 0 Å². The van der Waals surface area contributed by atoms with Crippen LogP contribution in [-0.2, 0) is 0 Å². The van der Waals surface area contributed by atoms with Crippen LogP contribution in [0.25, 0.3) is 27.6 Å². The summed E-state index contributed by atoms with van der Waals surface area (Å²) in [5.41, 5.74) is 11.7. The van der Waals surface area contributed by atoms with E-state index in [2.05, 4.69) is 21.4 Å². The fourth-order valence-corrected chi connectivity index (χ4v) is 3.92. The van der Waals surface area contributed by atoms with Crippen LogP contribution in [-0.4, -0.2) is 20.4 Å². The van der Waals surface area contributed by atoms with Gasteiger partial charge in [-0.25, -0.2) is 9.97 Å². The summed E-state index contributed by atoms with van der Waals surface area (Å²) in [6.07, 6.45) is 0. The molecule has 0 saturated heterocycles. The third-order valence-electron chi connectivity index (χ3n) is 5.28. The van der Waals surface area contributed by atoms with E-state index in [1.54, 1.807) is 0 Å². The number of carbonyl (C=O) groups is 1. The van der Waals surface area contributed by atoms with Crippen LogP contribution >= 0.6 is 0 Å². The molecule has 0 atom stereocenters. The van der Waals surface area contributed by atoms with Crippen molar-refractivity contribution in [3.63, 3.8) is 0 Å². The van der Waals surface area contributed by atoms with Gasteiger partial charge >= 0.3 is 0 Å². The van der Waals surface area contributed by atoms with Crippen molar-refractivity contribution >= 4 is 39.3 Å². The molecular weight excluding hydrogens is 386 g/mol. The number of rotatable bonds is 3. The number of hydrogen-bond acceptors (Lipinski definition) is 4. The minimum atomic E-state index is -0.403. The van der Waals surface area contributed by atoms with Crippen LogP contribution in [0.4, 0.5) is 11.5 Å². The van der Waals surface area contributed by atoms with Gasteiger partial charge in [-0.1, -0.05) is 42.5 Å². The lowest BCUT2D eigenvalue weighted by Gasteiger charge is -2.09. The van der Waals surface area contributed by atoms with Gasteiger partial charge in [0.05, 0.1) is 10.9 Å². The highest BCUT2D eigenvalue weighted by Gasteiger charge is 2.20. The second-order valence-electron chi connectivity index (χ2n) is 7.65. The van der Waals surface area contributed by atoms with E-state index in [0.29, 0.717) is 11.3 Å². The van der Waals surface area contributed by atoms with Crippen molar-refractivity contribution in [2.24, 2.45) is 0 Å². The highest BCUT2D eigenvalue weighted by atomic mass is 16.2. The summed E-state index contributed by atoms with van der Waals surface area (Å²) in [5.74, 6) is -0.0922. The second kappa shape index (κ2) is 7.25. The number of nitrogen functional groups attached to an aromatic ring is 1. The van der Waals surface area contributed by atoms with Gasteiger partial charge in [0.2, 0.25) is 5.82 Å². The molecule has 5 rings (SSSR count). The number of aromatic nitrogens is 3. The highest BCUT2D eigenvalue weighted by Crippen LogP contribution is 2.33. The van der Waals surface area contributed by atoms with Crippen molar-refractivity contribution in [3.05, 3.63) is 89.7 Å². The van der Waals surface area contributed by atoms with E-state index in [9.17, 15) is 4.79 Å². The van der Waals surface area contributed by atoms with Gasteiger partial charge in [-0.3, -0.25) is 9.36 Å². The van der Waals surface area contributed by atoms with Crippen LogP contribution in [0.5, 0.6) is 0 Å². The van der Waals surface area contributed by atoms with Gasteiger partial charge in [-0.05, 0) is 55.3 Å². The van der Waals surface area contributed by atoms with Crippen LogP contribution in [0.15, 0.2) is 72.8 Å². The number of nitrogens with one attached hydrogen (secondary N) is 1. The van der Waals surface area contributed by atoms with Gasteiger partial charge in [0, 0.05) is 16.8 Å². The molecule has 152 valence electrons. The molecule has 0 aliphatic rings. The summed E-state index contributed by atoms with van der Waals surface area (Å²) < 4.78 is 2.03. The first-order valence-electron chi connectivity index (χ1n) is 10.0. The number of nitrogens with two attached hydrogens (primary N) is 1. The minimum absolute atomic E-state index is 0.0308.